The van der Waals surface area contributed by atoms with Crippen molar-refractivity contribution in [1.82, 2.24) is 19.7 Å². The zero-order valence-corrected chi connectivity index (χ0v) is 14.0. The number of aryl methyl sites for hydroxylation is 2. The van der Waals surface area contributed by atoms with Gasteiger partial charge in [0.2, 0.25) is 5.91 Å². The van der Waals surface area contributed by atoms with E-state index in [0.29, 0.717) is 18.8 Å². The molecule has 128 valence electrons. The highest BCUT2D eigenvalue weighted by Crippen LogP contribution is 2.22. The molecule has 1 fully saturated rings. The minimum absolute atomic E-state index is 0.193. The molecule has 0 spiro atoms. The first-order valence-corrected chi connectivity index (χ1v) is 8.47. The van der Waals surface area contributed by atoms with Crippen molar-refractivity contribution in [2.45, 2.75) is 32.1 Å². The van der Waals surface area contributed by atoms with Crippen LogP contribution in [-0.4, -0.2) is 38.7 Å². The number of piperidine rings is 1. The molecule has 1 saturated heterocycles. The summed E-state index contributed by atoms with van der Waals surface area (Å²) in [4.78, 5) is 14.3. The van der Waals surface area contributed by atoms with Crippen LogP contribution in [0.4, 0.5) is 4.39 Å². The van der Waals surface area contributed by atoms with Gasteiger partial charge in [0.25, 0.3) is 0 Å². The van der Waals surface area contributed by atoms with E-state index in [-0.39, 0.29) is 11.7 Å². The Labute approximate surface area is 141 Å². The number of hydrogen-bond donors (Lipinski definition) is 0. The second-order valence-corrected chi connectivity index (χ2v) is 6.51. The van der Waals surface area contributed by atoms with E-state index in [1.54, 1.807) is 6.33 Å². The number of rotatable bonds is 5. The van der Waals surface area contributed by atoms with Crippen molar-refractivity contribution in [3.05, 3.63) is 47.8 Å². The minimum atomic E-state index is -0.193. The Morgan fingerprint density at radius 2 is 1.96 bits per heavy atom. The van der Waals surface area contributed by atoms with E-state index in [9.17, 15) is 9.18 Å². The number of halogens is 1. The second-order valence-electron chi connectivity index (χ2n) is 6.51. The highest BCUT2D eigenvalue weighted by Gasteiger charge is 2.23. The summed E-state index contributed by atoms with van der Waals surface area (Å²) in [6.45, 7) is 1.62. The molecule has 1 aliphatic rings. The van der Waals surface area contributed by atoms with Gasteiger partial charge in [-0.05, 0) is 42.9 Å². The summed E-state index contributed by atoms with van der Waals surface area (Å²) in [6.07, 6.45) is 5.74. The zero-order chi connectivity index (χ0) is 16.9. The second kappa shape index (κ2) is 7.55. The minimum Gasteiger partial charge on any atom is -0.343 e. The lowest BCUT2D eigenvalue weighted by Gasteiger charge is -2.32. The largest absolute Gasteiger partial charge is 0.343 e. The number of carbonyl (C=O) groups excluding carboxylic acids is 1. The molecular formula is C18H23FN4O. The lowest BCUT2D eigenvalue weighted by Crippen LogP contribution is -2.39. The van der Waals surface area contributed by atoms with Gasteiger partial charge in [-0.1, -0.05) is 12.1 Å². The average Bonchev–Trinajstić information content (AvgIpc) is 3.00. The van der Waals surface area contributed by atoms with Gasteiger partial charge in [0, 0.05) is 33.0 Å². The first-order chi connectivity index (χ1) is 11.6. The lowest BCUT2D eigenvalue weighted by atomic mass is 9.90. The number of nitrogens with zero attached hydrogens (tertiary/aromatic N) is 4. The van der Waals surface area contributed by atoms with Gasteiger partial charge in [-0.2, -0.15) is 0 Å². The third-order valence-corrected chi connectivity index (χ3v) is 4.77. The number of hydrogen-bond acceptors (Lipinski definition) is 3. The first kappa shape index (κ1) is 16.6. The van der Waals surface area contributed by atoms with Crippen LogP contribution in [0.5, 0.6) is 0 Å². The summed E-state index contributed by atoms with van der Waals surface area (Å²) in [5.74, 6) is 1.41. The molecule has 0 N–H and O–H groups in total. The predicted octanol–water partition coefficient (Wildman–Crippen LogP) is 2.37. The van der Waals surface area contributed by atoms with Gasteiger partial charge in [0.1, 0.15) is 18.0 Å². The Bertz CT molecular complexity index is 675. The zero-order valence-electron chi connectivity index (χ0n) is 14.0. The predicted molar refractivity (Wildman–Crippen MR) is 88.7 cm³/mol. The van der Waals surface area contributed by atoms with Crippen molar-refractivity contribution in [2.75, 3.05) is 13.1 Å². The van der Waals surface area contributed by atoms with Gasteiger partial charge in [-0.25, -0.2) is 4.39 Å². The molecule has 0 bridgehead atoms. The number of benzene rings is 1. The Hall–Kier alpha value is -2.24. The maximum Gasteiger partial charge on any atom is 0.223 e. The smallest absolute Gasteiger partial charge is 0.223 e. The average molecular weight is 330 g/mol. The van der Waals surface area contributed by atoms with E-state index >= 15 is 0 Å². The van der Waals surface area contributed by atoms with Gasteiger partial charge in [-0.15, -0.1) is 10.2 Å². The van der Waals surface area contributed by atoms with Gasteiger partial charge in [-0.3, -0.25) is 4.79 Å². The van der Waals surface area contributed by atoms with Crippen LogP contribution in [0, 0.1) is 11.7 Å². The summed E-state index contributed by atoms with van der Waals surface area (Å²) in [5, 5.41) is 7.85. The molecule has 0 atom stereocenters. The van der Waals surface area contributed by atoms with Crippen LogP contribution in [0.3, 0.4) is 0 Å². The first-order valence-electron chi connectivity index (χ1n) is 8.47. The fourth-order valence-corrected chi connectivity index (χ4v) is 3.25. The molecule has 24 heavy (non-hydrogen) atoms. The van der Waals surface area contributed by atoms with Crippen molar-refractivity contribution >= 4 is 5.91 Å². The molecule has 3 rings (SSSR count). The summed E-state index contributed by atoms with van der Waals surface area (Å²) < 4.78 is 14.8. The monoisotopic (exact) mass is 330 g/mol. The maximum absolute atomic E-state index is 13.0. The van der Waals surface area contributed by atoms with E-state index in [2.05, 4.69) is 10.2 Å². The van der Waals surface area contributed by atoms with Crippen LogP contribution in [0.25, 0.3) is 0 Å². The number of amides is 1. The molecule has 2 aromatic rings. The van der Waals surface area contributed by atoms with Crippen molar-refractivity contribution in [3.63, 3.8) is 0 Å². The molecule has 0 unspecified atom stereocenters. The van der Waals surface area contributed by atoms with Crippen LogP contribution in [0.1, 0.15) is 30.7 Å². The van der Waals surface area contributed by atoms with Crippen molar-refractivity contribution in [1.29, 1.82) is 0 Å². The normalized spacial score (nSPS) is 15.7. The maximum atomic E-state index is 13.0. The summed E-state index contributed by atoms with van der Waals surface area (Å²) in [5.41, 5.74) is 1.17. The Morgan fingerprint density at radius 3 is 2.58 bits per heavy atom. The molecule has 2 heterocycles. The SMILES string of the molecule is Cn1cnnc1CCC(=O)N1CCC(Cc2ccc(F)cc2)CC1. The molecule has 0 aliphatic carbocycles. The Morgan fingerprint density at radius 1 is 1.25 bits per heavy atom. The van der Waals surface area contributed by atoms with Crippen LogP contribution in [-0.2, 0) is 24.7 Å². The Balaban J connectivity index is 1.43. The fraction of sp³-hybridized carbons (Fsp3) is 0.500. The molecular weight excluding hydrogens is 307 g/mol. The van der Waals surface area contributed by atoms with Gasteiger partial charge >= 0.3 is 0 Å². The summed E-state index contributed by atoms with van der Waals surface area (Å²) in [6, 6.07) is 6.74. The number of aromatic nitrogens is 3. The summed E-state index contributed by atoms with van der Waals surface area (Å²) in [7, 11) is 1.89. The van der Waals surface area contributed by atoms with E-state index < -0.39 is 0 Å². The number of carbonyl (C=O) groups is 1. The molecule has 5 nitrogen and oxygen atoms in total. The third-order valence-electron chi connectivity index (χ3n) is 4.77. The van der Waals surface area contributed by atoms with E-state index in [0.717, 1.165) is 38.2 Å². The van der Waals surface area contributed by atoms with Crippen molar-refractivity contribution in [3.8, 4) is 0 Å². The molecule has 6 heteroatoms. The summed E-state index contributed by atoms with van der Waals surface area (Å²) >= 11 is 0. The quantitative estimate of drug-likeness (QED) is 0.846. The van der Waals surface area contributed by atoms with Gasteiger partial charge in [0.15, 0.2) is 0 Å². The highest BCUT2D eigenvalue weighted by molar-refractivity contribution is 5.76. The lowest BCUT2D eigenvalue weighted by molar-refractivity contribution is -0.132. The molecule has 1 aromatic carbocycles. The van der Waals surface area contributed by atoms with E-state index in [1.165, 1.54) is 17.7 Å². The topological polar surface area (TPSA) is 51.0 Å². The van der Waals surface area contributed by atoms with Crippen molar-refractivity contribution < 1.29 is 9.18 Å². The van der Waals surface area contributed by atoms with Crippen LogP contribution < -0.4 is 0 Å². The number of likely N-dealkylation sites (tertiary alicyclic amines) is 1. The fourth-order valence-electron chi connectivity index (χ4n) is 3.25. The van der Waals surface area contributed by atoms with Gasteiger partial charge < -0.3 is 9.47 Å². The molecule has 1 aromatic heterocycles. The molecule has 0 saturated carbocycles. The van der Waals surface area contributed by atoms with Crippen LogP contribution in [0.2, 0.25) is 0 Å². The third kappa shape index (κ3) is 4.19. The highest BCUT2D eigenvalue weighted by atomic mass is 19.1. The van der Waals surface area contributed by atoms with E-state index in [1.807, 2.05) is 28.6 Å². The molecule has 1 aliphatic heterocycles. The van der Waals surface area contributed by atoms with E-state index in [4.69, 9.17) is 0 Å². The van der Waals surface area contributed by atoms with Gasteiger partial charge in [0.05, 0.1) is 0 Å². The standard InChI is InChI=1S/C18H23FN4O/c1-22-13-20-21-17(22)6-7-18(24)23-10-8-15(9-11-23)12-14-2-4-16(19)5-3-14/h2-5,13,15H,6-12H2,1H3. The Kier molecular flexibility index (Phi) is 5.23. The molecule has 0 radical (unpaired) electrons. The van der Waals surface area contributed by atoms with Crippen molar-refractivity contribution in [2.24, 2.45) is 13.0 Å². The molecule has 1 amide bonds. The van der Waals surface area contributed by atoms with Crippen LogP contribution >= 0.6 is 0 Å². The van der Waals surface area contributed by atoms with Crippen LogP contribution in [0.15, 0.2) is 30.6 Å².